The predicted octanol–water partition coefficient (Wildman–Crippen LogP) is 2.94. The molecular formula is C12H24ClNO. The molecule has 1 N–H and O–H groups in total. The van der Waals surface area contributed by atoms with E-state index in [1.165, 1.54) is 19.3 Å². The normalized spacial score (nSPS) is 31.2. The third kappa shape index (κ3) is 3.93. The second-order valence-corrected chi connectivity index (χ2v) is 5.18. The number of ether oxygens (including phenoxy) is 1. The van der Waals surface area contributed by atoms with Crippen LogP contribution in [0.3, 0.4) is 0 Å². The predicted molar refractivity (Wildman–Crippen MR) is 65.6 cm³/mol. The Morgan fingerprint density at radius 3 is 2.73 bits per heavy atom. The monoisotopic (exact) mass is 233 g/mol. The van der Waals surface area contributed by atoms with E-state index in [1.54, 1.807) is 0 Å². The summed E-state index contributed by atoms with van der Waals surface area (Å²) in [6.07, 6.45) is 6.36. The minimum absolute atomic E-state index is 0.0852. The lowest BCUT2D eigenvalue weighted by molar-refractivity contribution is 0.0539. The van der Waals surface area contributed by atoms with Crippen molar-refractivity contribution in [1.29, 1.82) is 0 Å². The van der Waals surface area contributed by atoms with Gasteiger partial charge in [0, 0.05) is 24.6 Å². The first kappa shape index (κ1) is 13.3. The van der Waals surface area contributed by atoms with E-state index in [1.807, 2.05) is 7.11 Å². The number of hydrogen-bond donors (Lipinski definition) is 1. The Labute approximate surface area is 98.7 Å². The zero-order valence-electron chi connectivity index (χ0n) is 10.2. The zero-order chi connectivity index (χ0) is 11.3. The number of rotatable bonds is 5. The molecule has 1 saturated carbocycles. The molecule has 1 aliphatic carbocycles. The number of halogens is 1. The number of hydrogen-bond acceptors (Lipinski definition) is 2. The van der Waals surface area contributed by atoms with Gasteiger partial charge in [0.15, 0.2) is 0 Å². The van der Waals surface area contributed by atoms with E-state index >= 15 is 0 Å². The molecule has 3 atom stereocenters. The van der Waals surface area contributed by atoms with E-state index < -0.39 is 0 Å². The lowest BCUT2D eigenvalue weighted by Crippen LogP contribution is -2.51. The first-order valence-electron chi connectivity index (χ1n) is 6.00. The summed E-state index contributed by atoms with van der Waals surface area (Å²) >= 11 is 6.00. The number of methoxy groups -OCH3 is 1. The Kier molecular flexibility index (Phi) is 5.37. The highest BCUT2D eigenvalue weighted by atomic mass is 35.5. The van der Waals surface area contributed by atoms with E-state index in [-0.39, 0.29) is 5.54 Å². The van der Waals surface area contributed by atoms with E-state index in [9.17, 15) is 0 Å². The smallest absolute Gasteiger partial charge is 0.0586 e. The second-order valence-electron chi connectivity index (χ2n) is 4.91. The summed E-state index contributed by atoms with van der Waals surface area (Å²) in [6.45, 7) is 4.39. The molecule has 0 amide bonds. The fourth-order valence-electron chi connectivity index (χ4n) is 2.22. The maximum atomic E-state index is 6.00. The van der Waals surface area contributed by atoms with Crippen molar-refractivity contribution in [3.63, 3.8) is 0 Å². The fraction of sp³-hybridized carbons (Fsp3) is 1.00. The average Bonchev–Trinajstić information content (AvgIpc) is 2.29. The summed E-state index contributed by atoms with van der Waals surface area (Å²) in [5.41, 5.74) is 0.0852. The minimum atomic E-state index is 0.0852. The van der Waals surface area contributed by atoms with Crippen LogP contribution in [0.25, 0.3) is 0 Å². The van der Waals surface area contributed by atoms with Crippen molar-refractivity contribution in [2.45, 2.75) is 63.6 Å². The maximum absolute atomic E-state index is 6.00. The van der Waals surface area contributed by atoms with Crippen LogP contribution in [-0.4, -0.2) is 30.7 Å². The molecule has 0 aromatic rings. The molecule has 2 nitrogen and oxygen atoms in total. The van der Waals surface area contributed by atoms with Crippen molar-refractivity contribution in [2.75, 3.05) is 13.0 Å². The summed E-state index contributed by atoms with van der Waals surface area (Å²) < 4.78 is 5.43. The Morgan fingerprint density at radius 2 is 2.20 bits per heavy atom. The molecule has 1 aliphatic rings. The van der Waals surface area contributed by atoms with Gasteiger partial charge in [0.1, 0.15) is 0 Å². The van der Waals surface area contributed by atoms with Gasteiger partial charge in [0.25, 0.3) is 0 Å². The van der Waals surface area contributed by atoms with Gasteiger partial charge in [0.05, 0.1) is 6.10 Å². The van der Waals surface area contributed by atoms with E-state index in [0.29, 0.717) is 18.0 Å². The van der Waals surface area contributed by atoms with Crippen LogP contribution in [0, 0.1) is 0 Å². The van der Waals surface area contributed by atoms with Crippen LogP contribution < -0.4 is 5.32 Å². The molecular weight excluding hydrogens is 210 g/mol. The van der Waals surface area contributed by atoms with Gasteiger partial charge in [-0.25, -0.2) is 0 Å². The summed E-state index contributed by atoms with van der Waals surface area (Å²) in [5.74, 6) is 0.678. The zero-order valence-corrected chi connectivity index (χ0v) is 10.9. The van der Waals surface area contributed by atoms with Crippen LogP contribution in [0.15, 0.2) is 0 Å². The molecule has 3 unspecified atom stereocenters. The average molecular weight is 234 g/mol. The molecule has 1 rings (SSSR count). The quantitative estimate of drug-likeness (QED) is 0.738. The van der Waals surface area contributed by atoms with Crippen molar-refractivity contribution in [1.82, 2.24) is 5.32 Å². The Hall–Kier alpha value is 0.210. The number of nitrogens with one attached hydrogen (secondary N) is 1. The fourth-order valence-corrected chi connectivity index (χ4v) is 2.48. The van der Waals surface area contributed by atoms with Crippen molar-refractivity contribution >= 4 is 11.6 Å². The van der Waals surface area contributed by atoms with Gasteiger partial charge in [-0.05, 0) is 39.0 Å². The third-order valence-corrected chi connectivity index (χ3v) is 4.18. The van der Waals surface area contributed by atoms with Crippen molar-refractivity contribution < 1.29 is 4.74 Å². The van der Waals surface area contributed by atoms with E-state index in [0.717, 1.165) is 12.8 Å². The molecule has 90 valence electrons. The van der Waals surface area contributed by atoms with Crippen LogP contribution in [0.2, 0.25) is 0 Å². The molecule has 0 aromatic heterocycles. The van der Waals surface area contributed by atoms with Crippen LogP contribution in [-0.2, 0) is 4.74 Å². The summed E-state index contributed by atoms with van der Waals surface area (Å²) in [7, 11) is 1.81. The van der Waals surface area contributed by atoms with Gasteiger partial charge in [-0.15, -0.1) is 11.6 Å². The molecule has 3 heteroatoms. The second kappa shape index (κ2) is 6.07. The molecule has 0 saturated heterocycles. The minimum Gasteiger partial charge on any atom is -0.381 e. The largest absolute Gasteiger partial charge is 0.381 e. The first-order valence-corrected chi connectivity index (χ1v) is 6.53. The number of alkyl halides is 1. The highest BCUT2D eigenvalue weighted by molar-refractivity contribution is 6.18. The van der Waals surface area contributed by atoms with Gasteiger partial charge in [-0.3, -0.25) is 0 Å². The van der Waals surface area contributed by atoms with Gasteiger partial charge in [-0.1, -0.05) is 6.92 Å². The summed E-state index contributed by atoms with van der Waals surface area (Å²) in [6, 6.07) is 0.576. The molecule has 0 aliphatic heterocycles. The molecule has 15 heavy (non-hydrogen) atoms. The summed E-state index contributed by atoms with van der Waals surface area (Å²) in [4.78, 5) is 0. The molecule has 0 bridgehead atoms. The SMILES string of the molecule is CCC(C)(CCl)NC1CCCC(OC)C1. The van der Waals surface area contributed by atoms with Gasteiger partial charge in [-0.2, -0.15) is 0 Å². The standard InChI is InChI=1S/C12H24ClNO/c1-4-12(2,9-13)14-10-6-5-7-11(8-10)15-3/h10-11,14H,4-9H2,1-3H3. The lowest BCUT2D eigenvalue weighted by atomic mass is 9.90. The van der Waals surface area contributed by atoms with Crippen molar-refractivity contribution in [3.05, 3.63) is 0 Å². The third-order valence-electron chi connectivity index (χ3n) is 3.59. The first-order chi connectivity index (χ1) is 7.13. The summed E-state index contributed by atoms with van der Waals surface area (Å²) in [5, 5.41) is 3.68. The van der Waals surface area contributed by atoms with Crippen molar-refractivity contribution in [2.24, 2.45) is 0 Å². The molecule has 0 heterocycles. The molecule has 0 radical (unpaired) electrons. The Morgan fingerprint density at radius 1 is 1.47 bits per heavy atom. The maximum Gasteiger partial charge on any atom is 0.0586 e. The molecule has 0 spiro atoms. The van der Waals surface area contributed by atoms with Crippen LogP contribution >= 0.6 is 11.6 Å². The Balaban J connectivity index is 2.43. The van der Waals surface area contributed by atoms with Crippen LogP contribution in [0.4, 0.5) is 0 Å². The van der Waals surface area contributed by atoms with Gasteiger partial charge < -0.3 is 10.1 Å². The van der Waals surface area contributed by atoms with Crippen molar-refractivity contribution in [3.8, 4) is 0 Å². The Bertz CT molecular complexity index is 182. The molecule has 0 aromatic carbocycles. The molecule has 1 fully saturated rings. The van der Waals surface area contributed by atoms with Crippen LogP contribution in [0.5, 0.6) is 0 Å². The van der Waals surface area contributed by atoms with Gasteiger partial charge in [0.2, 0.25) is 0 Å². The van der Waals surface area contributed by atoms with Gasteiger partial charge >= 0.3 is 0 Å². The highest BCUT2D eigenvalue weighted by Crippen LogP contribution is 2.23. The van der Waals surface area contributed by atoms with E-state index in [2.05, 4.69) is 19.2 Å². The lowest BCUT2D eigenvalue weighted by Gasteiger charge is -2.36. The topological polar surface area (TPSA) is 21.3 Å². The van der Waals surface area contributed by atoms with E-state index in [4.69, 9.17) is 16.3 Å². The van der Waals surface area contributed by atoms with Crippen LogP contribution in [0.1, 0.15) is 46.0 Å². The highest BCUT2D eigenvalue weighted by Gasteiger charge is 2.28.